The molecule has 2 aromatic rings. The van der Waals surface area contributed by atoms with Gasteiger partial charge in [0.2, 0.25) is 15.9 Å². The average Bonchev–Trinajstić information content (AvgIpc) is 3.30. The van der Waals surface area contributed by atoms with Crippen molar-refractivity contribution in [3.63, 3.8) is 0 Å². The molecule has 0 saturated heterocycles. The van der Waals surface area contributed by atoms with E-state index in [0.29, 0.717) is 6.54 Å². The number of hydrogen-bond acceptors (Lipinski definition) is 5. The molecule has 1 heterocycles. The zero-order valence-electron chi connectivity index (χ0n) is 17.8. The molecule has 0 aliphatic carbocycles. The molecule has 1 aliphatic heterocycles. The highest BCUT2D eigenvalue weighted by molar-refractivity contribution is 7.89. The molecule has 0 aromatic heterocycles. The molecule has 0 atom stereocenters. The van der Waals surface area contributed by atoms with Gasteiger partial charge in [-0.3, -0.25) is 9.79 Å². The Morgan fingerprint density at radius 3 is 2.53 bits per heavy atom. The van der Waals surface area contributed by atoms with Crippen LogP contribution >= 0.6 is 23.2 Å². The fourth-order valence-electron chi connectivity index (χ4n) is 3.09. The molecule has 0 saturated carbocycles. The van der Waals surface area contributed by atoms with Gasteiger partial charge in [-0.1, -0.05) is 59.6 Å². The zero-order valence-corrected chi connectivity index (χ0v) is 20.1. The minimum atomic E-state index is -3.84. The van der Waals surface area contributed by atoms with E-state index >= 15 is 0 Å². The Kier molecular flexibility index (Phi) is 7.95. The Morgan fingerprint density at radius 1 is 1.16 bits per heavy atom. The average molecular weight is 495 g/mol. The Balaban J connectivity index is 1.56. The summed E-state index contributed by atoms with van der Waals surface area (Å²) >= 11 is 12.0. The van der Waals surface area contributed by atoms with Gasteiger partial charge in [-0.15, -0.1) is 0 Å². The quantitative estimate of drug-likeness (QED) is 0.571. The third kappa shape index (κ3) is 5.69. The number of amidine groups is 1. The third-order valence-corrected chi connectivity index (χ3v) is 7.72. The standard InChI is InChI=1S/C22H24Cl2N4O3S/c1-27(15-16-8-10-17(11-9-16)22-25-12-13-26-22)20(29)7-4-14-28(2)32(30,31)19-6-3-5-18(23)21(19)24/h3-11H,12-15H2,1-2H3,(H,25,26). The van der Waals surface area contributed by atoms with E-state index < -0.39 is 10.0 Å². The lowest BCUT2D eigenvalue weighted by atomic mass is 10.1. The molecule has 2 aromatic carbocycles. The predicted octanol–water partition coefficient (Wildman–Crippen LogP) is 3.18. The monoisotopic (exact) mass is 494 g/mol. The first kappa shape index (κ1) is 24.3. The van der Waals surface area contributed by atoms with Crippen molar-refractivity contribution in [1.29, 1.82) is 0 Å². The highest BCUT2D eigenvalue weighted by atomic mass is 35.5. The first-order valence-corrected chi connectivity index (χ1v) is 12.1. The Labute approximate surface area is 198 Å². The maximum absolute atomic E-state index is 12.7. The molecule has 10 heteroatoms. The van der Waals surface area contributed by atoms with Crippen molar-refractivity contribution in [1.82, 2.24) is 14.5 Å². The summed E-state index contributed by atoms with van der Waals surface area (Å²) in [4.78, 5) is 18.3. The molecule has 7 nitrogen and oxygen atoms in total. The number of nitrogens with zero attached hydrogens (tertiary/aromatic N) is 3. The highest BCUT2D eigenvalue weighted by Gasteiger charge is 2.24. The van der Waals surface area contributed by atoms with Crippen molar-refractivity contribution < 1.29 is 13.2 Å². The van der Waals surface area contributed by atoms with Gasteiger partial charge in [0, 0.05) is 45.4 Å². The molecular formula is C22H24Cl2N4O3S. The lowest BCUT2D eigenvalue weighted by Crippen LogP contribution is -2.28. The molecule has 0 fully saturated rings. The molecule has 0 bridgehead atoms. The van der Waals surface area contributed by atoms with Crippen molar-refractivity contribution >= 4 is 45.0 Å². The second-order valence-corrected chi connectivity index (χ2v) is 10.1. The first-order chi connectivity index (χ1) is 15.2. The van der Waals surface area contributed by atoms with E-state index in [2.05, 4.69) is 10.3 Å². The van der Waals surface area contributed by atoms with Crippen LogP contribution in [-0.4, -0.2) is 63.1 Å². The van der Waals surface area contributed by atoms with Crippen molar-refractivity contribution in [3.05, 3.63) is 75.8 Å². The zero-order chi connectivity index (χ0) is 23.3. The summed E-state index contributed by atoms with van der Waals surface area (Å²) in [5, 5.41) is 3.36. The number of nitrogens with one attached hydrogen (secondary N) is 1. The Bertz CT molecular complexity index is 1150. The van der Waals surface area contributed by atoms with E-state index in [0.717, 1.165) is 34.4 Å². The molecular weight excluding hydrogens is 471 g/mol. The summed E-state index contributed by atoms with van der Waals surface area (Å²) in [6.07, 6.45) is 2.86. The summed E-state index contributed by atoms with van der Waals surface area (Å²) < 4.78 is 26.5. The highest BCUT2D eigenvalue weighted by Crippen LogP contribution is 2.30. The van der Waals surface area contributed by atoms with Crippen LogP contribution in [0.4, 0.5) is 0 Å². The van der Waals surface area contributed by atoms with Crippen molar-refractivity contribution in [2.75, 3.05) is 33.7 Å². The van der Waals surface area contributed by atoms with Gasteiger partial charge in [0.15, 0.2) is 0 Å². The van der Waals surface area contributed by atoms with E-state index in [1.54, 1.807) is 11.9 Å². The summed E-state index contributed by atoms with van der Waals surface area (Å²) in [6.45, 7) is 2.07. The number of likely N-dealkylation sites (N-methyl/N-ethyl adjacent to an activating group) is 2. The van der Waals surface area contributed by atoms with Gasteiger partial charge in [-0.05, 0) is 17.7 Å². The number of sulfonamides is 1. The fraction of sp³-hybridized carbons (Fsp3) is 0.273. The molecule has 1 N–H and O–H groups in total. The van der Waals surface area contributed by atoms with Gasteiger partial charge in [-0.25, -0.2) is 8.42 Å². The van der Waals surface area contributed by atoms with Crippen LogP contribution in [0.2, 0.25) is 10.0 Å². The summed E-state index contributed by atoms with van der Waals surface area (Å²) in [6, 6.07) is 12.3. The number of aliphatic imine (C=N–C) groups is 1. The number of halogens is 2. The van der Waals surface area contributed by atoms with Crippen LogP contribution in [0.15, 0.2) is 64.5 Å². The fourth-order valence-corrected chi connectivity index (χ4v) is 4.94. The van der Waals surface area contributed by atoms with E-state index in [1.807, 2.05) is 24.3 Å². The van der Waals surface area contributed by atoms with Crippen LogP contribution in [0.1, 0.15) is 11.1 Å². The van der Waals surface area contributed by atoms with Gasteiger partial charge < -0.3 is 10.2 Å². The van der Waals surface area contributed by atoms with Gasteiger partial charge >= 0.3 is 0 Å². The molecule has 0 unspecified atom stereocenters. The topological polar surface area (TPSA) is 82.1 Å². The molecule has 0 spiro atoms. The SMILES string of the molecule is CN(Cc1ccc(C2=NCCN2)cc1)C(=O)C=CCN(C)S(=O)(=O)c1cccc(Cl)c1Cl. The number of amides is 1. The minimum Gasteiger partial charge on any atom is -0.368 e. The molecule has 170 valence electrons. The van der Waals surface area contributed by atoms with E-state index in [4.69, 9.17) is 23.2 Å². The molecule has 1 amide bonds. The van der Waals surface area contributed by atoms with Crippen LogP contribution in [0.3, 0.4) is 0 Å². The summed E-state index contributed by atoms with van der Waals surface area (Å²) in [5.41, 5.74) is 2.00. The lowest BCUT2D eigenvalue weighted by Gasteiger charge is -2.17. The molecule has 1 aliphatic rings. The maximum atomic E-state index is 12.7. The van der Waals surface area contributed by atoms with Crippen molar-refractivity contribution in [3.8, 4) is 0 Å². The predicted molar refractivity (Wildman–Crippen MR) is 128 cm³/mol. The normalized spacial score (nSPS) is 14.0. The molecule has 0 radical (unpaired) electrons. The summed E-state index contributed by atoms with van der Waals surface area (Å²) in [7, 11) is -0.741. The van der Waals surface area contributed by atoms with E-state index in [1.165, 1.54) is 37.4 Å². The Morgan fingerprint density at radius 2 is 1.88 bits per heavy atom. The van der Waals surface area contributed by atoms with Crippen LogP contribution in [0, 0.1) is 0 Å². The number of carbonyl (C=O) groups is 1. The maximum Gasteiger partial charge on any atom is 0.246 e. The molecule has 3 rings (SSSR count). The van der Waals surface area contributed by atoms with Crippen LogP contribution in [-0.2, 0) is 21.4 Å². The number of carbonyl (C=O) groups excluding carboxylic acids is 1. The largest absolute Gasteiger partial charge is 0.368 e. The van der Waals surface area contributed by atoms with Crippen molar-refractivity contribution in [2.24, 2.45) is 4.99 Å². The number of benzene rings is 2. The van der Waals surface area contributed by atoms with Gasteiger partial charge in [0.25, 0.3) is 0 Å². The Hall–Kier alpha value is -2.39. The van der Waals surface area contributed by atoms with Gasteiger partial charge in [-0.2, -0.15) is 4.31 Å². The lowest BCUT2D eigenvalue weighted by molar-refractivity contribution is -0.125. The van der Waals surface area contributed by atoms with E-state index in [-0.39, 0.29) is 27.4 Å². The van der Waals surface area contributed by atoms with Gasteiger partial charge in [0.05, 0.1) is 16.6 Å². The second-order valence-electron chi connectivity index (χ2n) is 7.29. The van der Waals surface area contributed by atoms with Gasteiger partial charge in [0.1, 0.15) is 10.7 Å². The minimum absolute atomic E-state index is 0.00850. The number of rotatable bonds is 8. The summed E-state index contributed by atoms with van der Waals surface area (Å²) in [5.74, 6) is 0.657. The van der Waals surface area contributed by atoms with E-state index in [9.17, 15) is 13.2 Å². The van der Waals surface area contributed by atoms with Crippen LogP contribution < -0.4 is 5.32 Å². The second kappa shape index (κ2) is 10.5. The molecule has 32 heavy (non-hydrogen) atoms. The smallest absolute Gasteiger partial charge is 0.246 e. The van der Waals surface area contributed by atoms with Crippen LogP contribution in [0.25, 0.3) is 0 Å². The first-order valence-electron chi connectivity index (χ1n) is 9.90. The number of hydrogen-bond donors (Lipinski definition) is 1. The van der Waals surface area contributed by atoms with Crippen molar-refractivity contribution in [2.45, 2.75) is 11.4 Å². The van der Waals surface area contributed by atoms with Crippen LogP contribution in [0.5, 0.6) is 0 Å². The third-order valence-electron chi connectivity index (χ3n) is 4.92.